The molecule has 27 heavy (non-hydrogen) atoms. The molecule has 4 rings (SSSR count). The fourth-order valence-electron chi connectivity index (χ4n) is 3.79. The second-order valence-electron chi connectivity index (χ2n) is 7.20. The van der Waals surface area contributed by atoms with Gasteiger partial charge in [-0.3, -0.25) is 19.3 Å². The molecular formula is C18H24N8O. The minimum Gasteiger partial charge on any atom is -0.337 e. The van der Waals surface area contributed by atoms with Crippen LogP contribution < -0.4 is 0 Å². The van der Waals surface area contributed by atoms with Crippen LogP contribution in [0.3, 0.4) is 0 Å². The van der Waals surface area contributed by atoms with Crippen molar-refractivity contribution in [2.45, 2.75) is 33.2 Å². The van der Waals surface area contributed by atoms with Gasteiger partial charge >= 0.3 is 0 Å². The molecule has 1 aliphatic rings. The molecule has 9 heteroatoms. The smallest absolute Gasteiger partial charge is 0.271 e. The lowest BCUT2D eigenvalue weighted by Gasteiger charge is -2.31. The van der Waals surface area contributed by atoms with E-state index in [9.17, 15) is 4.79 Å². The first-order chi connectivity index (χ1) is 13.0. The quantitative estimate of drug-likeness (QED) is 0.754. The van der Waals surface area contributed by atoms with E-state index >= 15 is 0 Å². The Morgan fingerprint density at radius 1 is 1.30 bits per heavy atom. The fraction of sp³-hybridized carbons (Fsp3) is 0.500. The summed E-state index contributed by atoms with van der Waals surface area (Å²) < 4.78 is 3.70. The van der Waals surface area contributed by atoms with Gasteiger partial charge in [-0.05, 0) is 38.7 Å². The molecule has 1 fully saturated rings. The lowest BCUT2D eigenvalue weighted by molar-refractivity contribution is 0.0675. The fourth-order valence-corrected chi connectivity index (χ4v) is 3.79. The number of aromatic amines is 1. The van der Waals surface area contributed by atoms with Crippen molar-refractivity contribution >= 4 is 5.91 Å². The topological polar surface area (TPSA) is 97.5 Å². The maximum Gasteiger partial charge on any atom is 0.271 e. The maximum atomic E-state index is 12.8. The summed E-state index contributed by atoms with van der Waals surface area (Å²) in [6.45, 7) is 6.31. The molecule has 0 spiro atoms. The number of hydrogen-bond donors (Lipinski definition) is 1. The van der Waals surface area contributed by atoms with Crippen LogP contribution in [-0.4, -0.2) is 58.9 Å². The number of amides is 1. The molecule has 0 bridgehead atoms. The average molecular weight is 368 g/mol. The van der Waals surface area contributed by atoms with Crippen LogP contribution >= 0.6 is 0 Å². The van der Waals surface area contributed by atoms with Crippen LogP contribution in [0.1, 0.15) is 34.7 Å². The summed E-state index contributed by atoms with van der Waals surface area (Å²) in [7, 11) is 1.91. The molecule has 4 heterocycles. The Labute approximate surface area is 157 Å². The average Bonchev–Trinajstić information content (AvgIpc) is 3.38. The lowest BCUT2D eigenvalue weighted by atomic mass is 9.96. The van der Waals surface area contributed by atoms with Crippen molar-refractivity contribution in [3.8, 4) is 11.3 Å². The molecule has 1 N–H and O–H groups in total. The summed E-state index contributed by atoms with van der Waals surface area (Å²) in [5, 5.41) is 19.6. The van der Waals surface area contributed by atoms with E-state index < -0.39 is 0 Å². The van der Waals surface area contributed by atoms with Crippen LogP contribution in [0.15, 0.2) is 18.5 Å². The van der Waals surface area contributed by atoms with Gasteiger partial charge in [0.25, 0.3) is 5.91 Å². The number of likely N-dealkylation sites (tertiary alicyclic amines) is 1. The molecular weight excluding hydrogens is 344 g/mol. The predicted octanol–water partition coefficient (Wildman–Crippen LogP) is 1.57. The minimum atomic E-state index is 0.00662. The van der Waals surface area contributed by atoms with E-state index in [0.29, 0.717) is 11.6 Å². The summed E-state index contributed by atoms with van der Waals surface area (Å²) in [4.78, 5) is 14.8. The van der Waals surface area contributed by atoms with Gasteiger partial charge in [0.05, 0.1) is 17.6 Å². The monoisotopic (exact) mass is 368 g/mol. The molecule has 9 nitrogen and oxygen atoms in total. The Bertz CT molecular complexity index is 931. The number of nitrogens with zero attached hydrogens (tertiary/aromatic N) is 7. The SMILES string of the molecule is Cc1nn(C)c(C)c1-c1cc(C(=O)N2CCC(Cn3ccnn3)CC2)[nH]n1. The molecule has 0 unspecified atom stereocenters. The zero-order valence-corrected chi connectivity index (χ0v) is 15.9. The van der Waals surface area contributed by atoms with E-state index in [4.69, 9.17) is 0 Å². The first kappa shape index (κ1) is 17.4. The Hall–Kier alpha value is -2.97. The van der Waals surface area contributed by atoms with E-state index in [1.165, 1.54) is 0 Å². The molecule has 1 aliphatic heterocycles. The van der Waals surface area contributed by atoms with Crippen molar-refractivity contribution < 1.29 is 4.79 Å². The molecule has 1 saturated heterocycles. The highest BCUT2D eigenvalue weighted by Crippen LogP contribution is 2.26. The summed E-state index contributed by atoms with van der Waals surface area (Å²) in [5.41, 5.74) is 4.23. The highest BCUT2D eigenvalue weighted by molar-refractivity contribution is 5.93. The first-order valence-electron chi connectivity index (χ1n) is 9.22. The second-order valence-corrected chi connectivity index (χ2v) is 7.20. The predicted molar refractivity (Wildman–Crippen MR) is 98.9 cm³/mol. The highest BCUT2D eigenvalue weighted by Gasteiger charge is 2.26. The van der Waals surface area contributed by atoms with E-state index in [1.54, 1.807) is 6.20 Å². The number of rotatable bonds is 4. The third-order valence-corrected chi connectivity index (χ3v) is 5.39. The Morgan fingerprint density at radius 3 is 2.70 bits per heavy atom. The van der Waals surface area contributed by atoms with Crippen LogP contribution in [0, 0.1) is 19.8 Å². The van der Waals surface area contributed by atoms with Gasteiger partial charge in [0.2, 0.25) is 0 Å². The summed E-state index contributed by atoms with van der Waals surface area (Å²) in [6.07, 6.45) is 5.51. The number of aryl methyl sites for hydroxylation is 2. The Balaban J connectivity index is 1.41. The Morgan fingerprint density at radius 2 is 2.07 bits per heavy atom. The number of aromatic nitrogens is 7. The lowest BCUT2D eigenvalue weighted by Crippen LogP contribution is -2.39. The van der Waals surface area contributed by atoms with Crippen molar-refractivity contribution in [1.29, 1.82) is 0 Å². The number of nitrogens with one attached hydrogen (secondary N) is 1. The van der Waals surface area contributed by atoms with Crippen LogP contribution in [0.5, 0.6) is 0 Å². The number of hydrogen-bond acceptors (Lipinski definition) is 5. The molecule has 0 radical (unpaired) electrons. The van der Waals surface area contributed by atoms with Crippen LogP contribution in [0.4, 0.5) is 0 Å². The van der Waals surface area contributed by atoms with E-state index in [2.05, 4.69) is 25.6 Å². The van der Waals surface area contributed by atoms with Crippen molar-refractivity contribution in [1.82, 2.24) is 39.9 Å². The summed E-state index contributed by atoms with van der Waals surface area (Å²) in [6, 6.07) is 1.83. The van der Waals surface area contributed by atoms with Gasteiger partial charge in [0, 0.05) is 44.1 Å². The van der Waals surface area contributed by atoms with Crippen LogP contribution in [0.2, 0.25) is 0 Å². The van der Waals surface area contributed by atoms with Gasteiger partial charge < -0.3 is 4.90 Å². The van der Waals surface area contributed by atoms with Crippen molar-refractivity contribution in [2.75, 3.05) is 13.1 Å². The number of piperidine rings is 1. The van der Waals surface area contributed by atoms with Gasteiger partial charge in [-0.15, -0.1) is 5.10 Å². The van der Waals surface area contributed by atoms with Gasteiger partial charge in [0.15, 0.2) is 0 Å². The van der Waals surface area contributed by atoms with Gasteiger partial charge in [-0.1, -0.05) is 5.21 Å². The first-order valence-corrected chi connectivity index (χ1v) is 9.22. The van der Waals surface area contributed by atoms with Crippen LogP contribution in [0.25, 0.3) is 11.3 Å². The molecule has 0 aliphatic carbocycles. The molecule has 3 aromatic heterocycles. The number of H-pyrrole nitrogens is 1. The molecule has 142 valence electrons. The minimum absolute atomic E-state index is 0.00662. The third-order valence-electron chi connectivity index (χ3n) is 5.39. The standard InChI is InChI=1S/C18H24N8O/c1-12-17(13(2)24(3)22-12)15-10-16(21-20-15)18(27)25-7-4-14(5-8-25)11-26-9-6-19-23-26/h6,9-10,14H,4-5,7-8,11H2,1-3H3,(H,20,21). The van der Waals surface area contributed by atoms with Crippen molar-refractivity contribution in [3.63, 3.8) is 0 Å². The largest absolute Gasteiger partial charge is 0.337 e. The maximum absolute atomic E-state index is 12.8. The van der Waals surface area contributed by atoms with E-state index in [0.717, 1.165) is 55.1 Å². The zero-order chi connectivity index (χ0) is 19.0. The normalized spacial score (nSPS) is 15.4. The van der Waals surface area contributed by atoms with E-state index in [-0.39, 0.29) is 5.91 Å². The second kappa shape index (κ2) is 6.98. The molecule has 0 aromatic carbocycles. The molecule has 0 atom stereocenters. The van der Waals surface area contributed by atoms with Gasteiger partial charge in [0.1, 0.15) is 5.69 Å². The third kappa shape index (κ3) is 3.36. The highest BCUT2D eigenvalue weighted by atomic mass is 16.2. The summed E-state index contributed by atoms with van der Waals surface area (Å²) in [5.74, 6) is 0.529. The van der Waals surface area contributed by atoms with Gasteiger partial charge in [-0.25, -0.2) is 0 Å². The number of carbonyl (C=O) groups excluding carboxylic acids is 1. The van der Waals surface area contributed by atoms with Gasteiger partial charge in [-0.2, -0.15) is 10.2 Å². The van der Waals surface area contributed by atoms with E-state index in [1.807, 2.05) is 47.4 Å². The molecule has 0 saturated carbocycles. The summed E-state index contributed by atoms with van der Waals surface area (Å²) >= 11 is 0. The van der Waals surface area contributed by atoms with Crippen LogP contribution in [-0.2, 0) is 13.6 Å². The molecule has 1 amide bonds. The van der Waals surface area contributed by atoms with Crippen molar-refractivity contribution in [2.24, 2.45) is 13.0 Å². The number of carbonyl (C=O) groups is 1. The Kier molecular flexibility index (Phi) is 4.51. The molecule has 3 aromatic rings. The van der Waals surface area contributed by atoms with Crippen molar-refractivity contribution in [3.05, 3.63) is 35.5 Å². The zero-order valence-electron chi connectivity index (χ0n) is 15.9.